The summed E-state index contributed by atoms with van der Waals surface area (Å²) in [5.41, 5.74) is -1.44. The van der Waals surface area contributed by atoms with Crippen LogP contribution in [0.1, 0.15) is 26.3 Å². The first-order chi connectivity index (χ1) is 9.82. The van der Waals surface area contributed by atoms with Crippen molar-refractivity contribution in [2.45, 2.75) is 20.8 Å². The molecule has 1 aromatic carbocycles. The molecule has 0 N–H and O–H groups in total. The maximum atomic E-state index is 13.4. The van der Waals surface area contributed by atoms with Gasteiger partial charge in [-0.05, 0) is 32.9 Å². The highest BCUT2D eigenvalue weighted by atomic mass is 19.1. The first kappa shape index (κ1) is 16.6. The third-order valence-electron chi connectivity index (χ3n) is 2.91. The molecule has 0 saturated carbocycles. The molecular weight excluding hydrogens is 277 g/mol. The predicted molar refractivity (Wildman–Crippen MR) is 72.0 cm³/mol. The van der Waals surface area contributed by atoms with Crippen LogP contribution in [-0.4, -0.2) is 25.0 Å². The van der Waals surface area contributed by atoms with Gasteiger partial charge in [0.15, 0.2) is 5.78 Å². The summed E-state index contributed by atoms with van der Waals surface area (Å²) in [6, 6.07) is 5.34. The van der Waals surface area contributed by atoms with Gasteiger partial charge in [-0.1, -0.05) is 0 Å². The van der Waals surface area contributed by atoms with E-state index in [9.17, 15) is 14.0 Å². The van der Waals surface area contributed by atoms with E-state index in [4.69, 9.17) is 14.7 Å². The Kier molecular flexibility index (Phi) is 5.42. The molecule has 0 atom stereocenters. The summed E-state index contributed by atoms with van der Waals surface area (Å²) in [4.78, 5) is 23.7. The van der Waals surface area contributed by atoms with Crippen LogP contribution < -0.4 is 4.74 Å². The van der Waals surface area contributed by atoms with Gasteiger partial charge >= 0.3 is 5.97 Å². The van der Waals surface area contributed by atoms with E-state index in [1.54, 1.807) is 13.0 Å². The first-order valence-electron chi connectivity index (χ1n) is 6.36. The Morgan fingerprint density at radius 3 is 2.57 bits per heavy atom. The van der Waals surface area contributed by atoms with Crippen LogP contribution in [0.5, 0.6) is 5.75 Å². The van der Waals surface area contributed by atoms with E-state index in [2.05, 4.69) is 0 Å². The van der Waals surface area contributed by atoms with Gasteiger partial charge in [0.05, 0.1) is 12.2 Å². The van der Waals surface area contributed by atoms with Crippen molar-refractivity contribution in [3.63, 3.8) is 0 Å². The molecule has 0 spiro atoms. The van der Waals surface area contributed by atoms with E-state index in [1.807, 2.05) is 0 Å². The number of carbonyl (C=O) groups excluding carboxylic acids is 2. The molecule has 0 bridgehead atoms. The van der Waals surface area contributed by atoms with Crippen LogP contribution in [0.4, 0.5) is 4.39 Å². The van der Waals surface area contributed by atoms with Gasteiger partial charge in [-0.2, -0.15) is 5.26 Å². The lowest BCUT2D eigenvalue weighted by atomic mass is 9.88. The van der Waals surface area contributed by atoms with Crippen LogP contribution in [0.2, 0.25) is 0 Å². The van der Waals surface area contributed by atoms with Crippen molar-refractivity contribution < 1.29 is 23.5 Å². The van der Waals surface area contributed by atoms with Crippen LogP contribution in [0.3, 0.4) is 0 Å². The van der Waals surface area contributed by atoms with Crippen LogP contribution in [0, 0.1) is 22.6 Å². The number of benzene rings is 1. The molecule has 0 heterocycles. The summed E-state index contributed by atoms with van der Waals surface area (Å²) < 4.78 is 23.3. The van der Waals surface area contributed by atoms with Gasteiger partial charge in [-0.15, -0.1) is 0 Å². The Hall–Kier alpha value is -2.42. The second-order valence-corrected chi connectivity index (χ2v) is 4.81. The summed E-state index contributed by atoms with van der Waals surface area (Å²) in [7, 11) is 0. The maximum Gasteiger partial charge on any atom is 0.319 e. The van der Waals surface area contributed by atoms with Gasteiger partial charge in [0.2, 0.25) is 0 Å². The highest BCUT2D eigenvalue weighted by molar-refractivity contribution is 6.03. The van der Waals surface area contributed by atoms with Crippen molar-refractivity contribution in [1.29, 1.82) is 5.26 Å². The zero-order valence-electron chi connectivity index (χ0n) is 12.1. The fourth-order valence-corrected chi connectivity index (χ4v) is 1.43. The number of carbonyl (C=O) groups is 2. The molecule has 0 aromatic heterocycles. The van der Waals surface area contributed by atoms with E-state index in [1.165, 1.54) is 26.0 Å². The van der Waals surface area contributed by atoms with Gasteiger partial charge in [0.1, 0.15) is 29.7 Å². The molecule has 0 aliphatic carbocycles. The molecule has 0 aliphatic rings. The third kappa shape index (κ3) is 4.02. The Morgan fingerprint density at radius 1 is 1.38 bits per heavy atom. The predicted octanol–water partition coefficient (Wildman–Crippen LogP) is 2.23. The number of esters is 1. The molecule has 0 radical (unpaired) electrons. The van der Waals surface area contributed by atoms with Gasteiger partial charge in [-0.3, -0.25) is 9.59 Å². The summed E-state index contributed by atoms with van der Waals surface area (Å²) in [6.07, 6.45) is 0. The number of halogens is 1. The smallest absolute Gasteiger partial charge is 0.319 e. The van der Waals surface area contributed by atoms with Gasteiger partial charge in [0, 0.05) is 6.07 Å². The van der Waals surface area contributed by atoms with Crippen molar-refractivity contribution in [3.8, 4) is 11.8 Å². The minimum atomic E-state index is -1.33. The average Bonchev–Trinajstić information content (AvgIpc) is 2.45. The molecule has 1 rings (SSSR count). The zero-order chi connectivity index (χ0) is 16.0. The number of Topliss-reactive ketones (excluding diaryl/α,β-unsaturated/α-hetero) is 1. The summed E-state index contributed by atoms with van der Waals surface area (Å²) in [5.74, 6) is -1.73. The van der Waals surface area contributed by atoms with Gasteiger partial charge in [0.25, 0.3) is 0 Å². The normalized spacial score (nSPS) is 10.6. The number of nitriles is 1. The number of rotatable bonds is 6. The number of hydrogen-bond donors (Lipinski definition) is 0. The first-order valence-corrected chi connectivity index (χ1v) is 6.36. The molecule has 112 valence electrons. The lowest BCUT2D eigenvalue weighted by Crippen LogP contribution is -2.38. The lowest BCUT2D eigenvalue weighted by molar-refractivity contribution is -0.158. The quantitative estimate of drug-likeness (QED) is 0.594. The molecule has 0 fully saturated rings. The molecule has 21 heavy (non-hydrogen) atoms. The Labute approximate surface area is 122 Å². The minimum Gasteiger partial charge on any atom is -0.486 e. The second-order valence-electron chi connectivity index (χ2n) is 4.81. The largest absolute Gasteiger partial charge is 0.486 e. The molecule has 5 nitrogen and oxygen atoms in total. The summed E-state index contributed by atoms with van der Waals surface area (Å²) in [5, 5.41) is 8.61. The van der Waals surface area contributed by atoms with Gasteiger partial charge in [-0.25, -0.2) is 4.39 Å². The second kappa shape index (κ2) is 6.84. The number of ketones is 1. The molecular formula is C15H16FNO4. The van der Waals surface area contributed by atoms with Crippen molar-refractivity contribution in [2.24, 2.45) is 5.41 Å². The fourth-order valence-electron chi connectivity index (χ4n) is 1.43. The van der Waals surface area contributed by atoms with Crippen molar-refractivity contribution in [3.05, 3.63) is 29.6 Å². The van der Waals surface area contributed by atoms with E-state index >= 15 is 0 Å². The summed E-state index contributed by atoms with van der Waals surface area (Å²) >= 11 is 0. The van der Waals surface area contributed by atoms with Crippen molar-refractivity contribution in [1.82, 2.24) is 0 Å². The summed E-state index contributed by atoms with van der Waals surface area (Å²) in [6.45, 7) is 4.31. The monoisotopic (exact) mass is 293 g/mol. The zero-order valence-corrected chi connectivity index (χ0v) is 12.1. The number of nitrogens with zero attached hydrogens (tertiary/aromatic N) is 1. The third-order valence-corrected chi connectivity index (χ3v) is 2.91. The van der Waals surface area contributed by atoms with Crippen LogP contribution in [0.25, 0.3) is 0 Å². The molecule has 0 saturated heterocycles. The van der Waals surface area contributed by atoms with E-state index in [0.29, 0.717) is 0 Å². The lowest BCUT2D eigenvalue weighted by Gasteiger charge is -2.20. The SMILES string of the molecule is CCOC(=O)C(C)(C)C(=O)COc1ccc(C#N)c(F)c1. The Morgan fingerprint density at radius 2 is 2.05 bits per heavy atom. The van der Waals surface area contributed by atoms with E-state index in [-0.39, 0.29) is 17.9 Å². The standard InChI is InChI=1S/C15H16FNO4/c1-4-20-14(19)15(2,3)13(18)9-21-11-6-5-10(8-17)12(16)7-11/h5-7H,4,9H2,1-3H3. The highest BCUT2D eigenvalue weighted by Crippen LogP contribution is 2.21. The fraction of sp³-hybridized carbons (Fsp3) is 0.400. The molecule has 0 aliphatic heterocycles. The Bertz CT molecular complexity index is 590. The highest BCUT2D eigenvalue weighted by Gasteiger charge is 2.37. The number of hydrogen-bond acceptors (Lipinski definition) is 5. The van der Waals surface area contributed by atoms with Crippen LogP contribution in [0.15, 0.2) is 18.2 Å². The molecule has 1 aromatic rings. The van der Waals surface area contributed by atoms with Crippen molar-refractivity contribution in [2.75, 3.05) is 13.2 Å². The topological polar surface area (TPSA) is 76.4 Å². The van der Waals surface area contributed by atoms with Crippen LogP contribution in [-0.2, 0) is 14.3 Å². The van der Waals surface area contributed by atoms with Crippen LogP contribution >= 0.6 is 0 Å². The van der Waals surface area contributed by atoms with E-state index < -0.39 is 29.6 Å². The average molecular weight is 293 g/mol. The van der Waals surface area contributed by atoms with Crippen molar-refractivity contribution >= 4 is 11.8 Å². The Balaban J connectivity index is 2.71. The van der Waals surface area contributed by atoms with E-state index in [0.717, 1.165) is 6.07 Å². The minimum absolute atomic E-state index is 0.111. The van der Waals surface area contributed by atoms with Gasteiger partial charge < -0.3 is 9.47 Å². The number of ether oxygens (including phenoxy) is 2. The molecule has 6 heteroatoms. The molecule has 0 unspecified atom stereocenters. The maximum absolute atomic E-state index is 13.4. The molecule has 0 amide bonds.